The Kier molecular flexibility index (Phi) is 9.71. The lowest BCUT2D eigenvalue weighted by molar-refractivity contribution is -0.140. The maximum absolute atomic E-state index is 13.0. The molecule has 12 heteroatoms. The smallest absolute Gasteiger partial charge is 0.434 e. The average molecular weight is 585 g/mol. The highest BCUT2D eigenvalue weighted by atomic mass is 19.4. The highest BCUT2D eigenvalue weighted by molar-refractivity contribution is 5.95. The Morgan fingerprint density at radius 1 is 1.05 bits per heavy atom. The number of carbonyl (C=O) groups is 1. The summed E-state index contributed by atoms with van der Waals surface area (Å²) in [6.45, 7) is 0.508. The van der Waals surface area contributed by atoms with Crippen LogP contribution in [0, 0.1) is 0 Å². The van der Waals surface area contributed by atoms with Gasteiger partial charge in [-0.25, -0.2) is 4.98 Å². The van der Waals surface area contributed by atoms with Crippen LogP contribution in [0.1, 0.15) is 21.6 Å². The van der Waals surface area contributed by atoms with E-state index >= 15 is 0 Å². The number of aliphatic hydroxyl groups excluding tert-OH is 1. The number of aryl methyl sites for hydroxylation is 1. The molecular weight excluding hydrogens is 553 g/mol. The number of nitrogens with zero attached hydrogens (tertiary/aromatic N) is 2. The van der Waals surface area contributed by atoms with E-state index in [1.54, 1.807) is 30.3 Å². The van der Waals surface area contributed by atoms with Gasteiger partial charge in [0.05, 0.1) is 5.56 Å². The summed E-state index contributed by atoms with van der Waals surface area (Å²) in [6.07, 6.45) is -4.31. The van der Waals surface area contributed by atoms with E-state index in [4.69, 9.17) is 15.2 Å². The van der Waals surface area contributed by atoms with Crippen molar-refractivity contribution in [3.8, 4) is 28.6 Å². The third-order valence-corrected chi connectivity index (χ3v) is 6.32. The van der Waals surface area contributed by atoms with Gasteiger partial charge in [-0.2, -0.15) is 13.2 Å². The van der Waals surface area contributed by atoms with Crippen molar-refractivity contribution in [3.63, 3.8) is 0 Å². The summed E-state index contributed by atoms with van der Waals surface area (Å²) in [5.41, 5.74) is 5.79. The first-order chi connectivity index (χ1) is 20.0. The molecule has 222 valence electrons. The monoisotopic (exact) mass is 584 g/mol. The Balaban J connectivity index is 1.30. The number of hydrogen-bond donors (Lipinski definition) is 4. The van der Waals surface area contributed by atoms with Gasteiger partial charge in [-0.15, -0.1) is 0 Å². The van der Waals surface area contributed by atoms with Gasteiger partial charge in [0, 0.05) is 44.4 Å². The van der Waals surface area contributed by atoms with Crippen molar-refractivity contribution in [1.82, 2.24) is 14.9 Å². The molecule has 4 aromatic rings. The first-order valence-corrected chi connectivity index (χ1v) is 13.1. The number of aliphatic hydroxyl groups is 1. The number of phenols is 1. The average Bonchev–Trinajstić information content (AvgIpc) is 3.35. The first kappa shape index (κ1) is 30.4. The van der Waals surface area contributed by atoms with Crippen molar-refractivity contribution < 1.29 is 37.7 Å². The Morgan fingerprint density at radius 3 is 2.36 bits per heavy atom. The fourth-order valence-corrected chi connectivity index (χ4v) is 4.25. The number of imidazole rings is 1. The van der Waals surface area contributed by atoms with Gasteiger partial charge >= 0.3 is 6.18 Å². The molecule has 0 aliphatic heterocycles. The van der Waals surface area contributed by atoms with E-state index in [1.807, 2.05) is 30.3 Å². The number of halogens is 3. The van der Waals surface area contributed by atoms with Crippen LogP contribution in [0.5, 0.6) is 17.2 Å². The van der Waals surface area contributed by atoms with E-state index in [2.05, 4.69) is 10.3 Å². The number of aromatic hydroxyl groups is 1. The first-order valence-electron chi connectivity index (χ1n) is 13.1. The zero-order valence-corrected chi connectivity index (χ0v) is 22.7. The standard InChI is InChI=1S/C30H31F3N4O5/c1-37-17-27(30(31,32)33)36-29(37)20-7-9-22(10-8-20)41-18-21(38)15-35-16-24(13-19-5-3-2-4-6-19)42-23-11-12-25(28(34)40)26(39)14-23/h2-12,14,17,21,24,35,38-39H,13,15-16,18H2,1H3,(H2,34,40). The lowest BCUT2D eigenvalue weighted by Gasteiger charge is -2.21. The van der Waals surface area contributed by atoms with Crippen LogP contribution in [-0.2, 0) is 19.6 Å². The van der Waals surface area contributed by atoms with Crippen molar-refractivity contribution in [2.24, 2.45) is 12.8 Å². The molecule has 0 aliphatic carbocycles. The number of rotatable bonds is 13. The molecule has 0 radical (unpaired) electrons. The van der Waals surface area contributed by atoms with Crippen molar-refractivity contribution in [2.75, 3.05) is 19.7 Å². The fraction of sp³-hybridized carbons (Fsp3) is 0.267. The predicted octanol–water partition coefficient (Wildman–Crippen LogP) is 3.93. The number of alkyl halides is 3. The third-order valence-electron chi connectivity index (χ3n) is 6.32. The lowest BCUT2D eigenvalue weighted by Crippen LogP contribution is -2.38. The summed E-state index contributed by atoms with van der Waals surface area (Å²) >= 11 is 0. The molecule has 0 bridgehead atoms. The van der Waals surface area contributed by atoms with Gasteiger partial charge in [0.2, 0.25) is 0 Å². The molecule has 0 fully saturated rings. The SMILES string of the molecule is Cn1cc(C(F)(F)F)nc1-c1ccc(OCC(O)CNCC(Cc2ccccc2)Oc2ccc(C(N)=O)c(O)c2)cc1. The van der Waals surface area contributed by atoms with Gasteiger partial charge in [0.1, 0.15) is 41.9 Å². The minimum absolute atomic E-state index is 0.00919. The normalized spacial score (nSPS) is 13.0. The number of amides is 1. The third kappa shape index (κ3) is 8.24. The van der Waals surface area contributed by atoms with Gasteiger partial charge in [0.25, 0.3) is 5.91 Å². The minimum atomic E-state index is -4.53. The van der Waals surface area contributed by atoms with Crippen molar-refractivity contribution >= 4 is 5.91 Å². The van der Waals surface area contributed by atoms with Crippen LogP contribution in [0.3, 0.4) is 0 Å². The Hall–Kier alpha value is -4.55. The molecule has 0 saturated heterocycles. The fourth-order valence-electron chi connectivity index (χ4n) is 4.25. The van der Waals surface area contributed by atoms with Crippen molar-refractivity contribution in [2.45, 2.75) is 24.8 Å². The molecular formula is C30H31F3N4O5. The summed E-state index contributed by atoms with van der Waals surface area (Å²) in [5.74, 6) is -0.0657. The summed E-state index contributed by atoms with van der Waals surface area (Å²) in [7, 11) is 1.49. The van der Waals surface area contributed by atoms with Gasteiger partial charge < -0.3 is 35.3 Å². The Bertz CT molecular complexity index is 1480. The molecule has 5 N–H and O–H groups in total. The molecule has 42 heavy (non-hydrogen) atoms. The van der Waals surface area contributed by atoms with Crippen LogP contribution in [0.4, 0.5) is 13.2 Å². The molecule has 4 rings (SSSR count). The second-order valence-corrected chi connectivity index (χ2v) is 9.68. The van der Waals surface area contributed by atoms with Crippen LogP contribution in [0.15, 0.2) is 79.0 Å². The molecule has 1 heterocycles. The number of nitrogens with one attached hydrogen (secondary N) is 1. The van der Waals surface area contributed by atoms with Crippen LogP contribution >= 0.6 is 0 Å². The number of hydrogen-bond acceptors (Lipinski definition) is 7. The van der Waals surface area contributed by atoms with Gasteiger partial charge in [0.15, 0.2) is 5.69 Å². The Labute approximate surface area is 240 Å². The van der Waals surface area contributed by atoms with E-state index < -0.39 is 23.9 Å². The van der Waals surface area contributed by atoms with Crippen molar-refractivity contribution in [3.05, 3.63) is 95.8 Å². The number of nitrogens with two attached hydrogens (primary N) is 1. The van der Waals surface area contributed by atoms with Gasteiger partial charge in [-0.1, -0.05) is 30.3 Å². The maximum Gasteiger partial charge on any atom is 0.434 e. The molecule has 0 spiro atoms. The van der Waals surface area contributed by atoms with E-state index in [0.717, 1.165) is 11.8 Å². The van der Waals surface area contributed by atoms with E-state index in [1.165, 1.54) is 23.7 Å². The second-order valence-electron chi connectivity index (χ2n) is 9.68. The molecule has 2 unspecified atom stereocenters. The highest BCUT2D eigenvalue weighted by Crippen LogP contribution is 2.31. The molecule has 2 atom stereocenters. The largest absolute Gasteiger partial charge is 0.507 e. The molecule has 1 aromatic heterocycles. The highest BCUT2D eigenvalue weighted by Gasteiger charge is 2.34. The minimum Gasteiger partial charge on any atom is -0.507 e. The molecule has 9 nitrogen and oxygen atoms in total. The zero-order chi connectivity index (χ0) is 30.3. The van der Waals surface area contributed by atoms with Crippen LogP contribution in [0.25, 0.3) is 11.4 Å². The quantitative estimate of drug-likeness (QED) is 0.187. The zero-order valence-electron chi connectivity index (χ0n) is 22.7. The molecule has 1 amide bonds. The summed E-state index contributed by atoms with van der Waals surface area (Å²) in [4.78, 5) is 15.1. The van der Waals surface area contributed by atoms with Crippen LogP contribution in [0.2, 0.25) is 0 Å². The van der Waals surface area contributed by atoms with E-state index in [9.17, 15) is 28.2 Å². The van der Waals surface area contributed by atoms with Gasteiger partial charge in [-0.05, 0) is 42.0 Å². The van der Waals surface area contributed by atoms with E-state index in [-0.39, 0.29) is 36.4 Å². The number of aromatic nitrogens is 2. The maximum atomic E-state index is 13.0. The molecule has 3 aromatic carbocycles. The van der Waals surface area contributed by atoms with Crippen LogP contribution < -0.4 is 20.5 Å². The van der Waals surface area contributed by atoms with Gasteiger partial charge in [-0.3, -0.25) is 4.79 Å². The number of ether oxygens (including phenoxy) is 2. The topological polar surface area (TPSA) is 132 Å². The number of carbonyl (C=O) groups excluding carboxylic acids is 1. The van der Waals surface area contributed by atoms with Crippen LogP contribution in [-0.4, -0.2) is 57.6 Å². The summed E-state index contributed by atoms with van der Waals surface area (Å²) in [5, 5.41) is 23.7. The summed E-state index contributed by atoms with van der Waals surface area (Å²) < 4.78 is 51.9. The predicted molar refractivity (Wildman–Crippen MR) is 149 cm³/mol. The lowest BCUT2D eigenvalue weighted by atomic mass is 10.1. The Morgan fingerprint density at radius 2 is 1.74 bits per heavy atom. The molecule has 0 saturated carbocycles. The molecule has 0 aliphatic rings. The second kappa shape index (κ2) is 13.4. The number of benzene rings is 3. The number of primary amides is 1. The van der Waals surface area contributed by atoms with E-state index in [0.29, 0.717) is 30.0 Å². The summed E-state index contributed by atoms with van der Waals surface area (Å²) in [6, 6.07) is 20.3. The van der Waals surface area contributed by atoms with Crippen molar-refractivity contribution in [1.29, 1.82) is 0 Å².